The van der Waals surface area contributed by atoms with Gasteiger partial charge < -0.3 is 15.2 Å². The molecule has 0 unspecified atom stereocenters. The predicted octanol–water partition coefficient (Wildman–Crippen LogP) is 8.32. The van der Waals surface area contributed by atoms with Gasteiger partial charge >= 0.3 is 24.4 Å². The summed E-state index contributed by atoms with van der Waals surface area (Å²) >= 11 is 6.56. The Morgan fingerprint density at radius 1 is 0.958 bits per heavy atom. The SMILES string of the molecule is C[C@H](OC(=O)N(c1nn(CC(F)(F)F)c2c(-c3ccc(CCC(C)(C)S(C)(=O)=O)nc3[C@H](Cc3cc(F)cc(F)c3)NC(=O)Cn3nc(C(F)(F)F)c4c3C(F)(F)[C@H](C)C4)ccc(Cl)c12)S(C)(=O)=O)C(=O)O. The molecule has 392 valence electrons. The van der Waals surface area contributed by atoms with Crippen LogP contribution >= 0.6 is 11.6 Å². The van der Waals surface area contributed by atoms with Crippen molar-refractivity contribution < 1.29 is 85.0 Å². The number of alkyl halides is 8. The van der Waals surface area contributed by atoms with Gasteiger partial charge in [-0.1, -0.05) is 30.7 Å². The first kappa shape index (κ1) is 55.3. The molecule has 1 aliphatic rings. The van der Waals surface area contributed by atoms with E-state index in [1.54, 1.807) is 0 Å². The fraction of sp³-hybridized carbons (Fsp3) is 0.442. The van der Waals surface area contributed by atoms with E-state index in [2.05, 4.69) is 20.5 Å². The minimum atomic E-state index is -5.25. The number of amides is 2. The van der Waals surface area contributed by atoms with Gasteiger partial charge in [0.05, 0.1) is 38.7 Å². The molecule has 16 nitrogen and oxygen atoms in total. The molecule has 2 amide bonds. The molecule has 0 saturated carbocycles. The van der Waals surface area contributed by atoms with Gasteiger partial charge in [-0.2, -0.15) is 49.6 Å². The van der Waals surface area contributed by atoms with Crippen LogP contribution < -0.4 is 9.62 Å². The number of benzene rings is 2. The number of nitrogens with zero attached hydrogens (tertiary/aromatic N) is 6. The number of sulfonamides is 1. The second-order valence-electron chi connectivity index (χ2n) is 17.7. The topological polar surface area (TPSA) is 213 Å². The third kappa shape index (κ3) is 11.6. The maximum Gasteiger partial charge on any atom is 0.435 e. The van der Waals surface area contributed by atoms with E-state index < -0.39 is 166 Å². The first-order chi connectivity index (χ1) is 32.9. The summed E-state index contributed by atoms with van der Waals surface area (Å²) in [7, 11) is -8.75. The number of halogens is 11. The number of aromatic nitrogens is 5. The highest BCUT2D eigenvalue weighted by atomic mass is 35.5. The summed E-state index contributed by atoms with van der Waals surface area (Å²) in [5, 5.41) is 17.7. The number of aryl methyl sites for hydroxylation is 1. The Bertz CT molecular complexity index is 3200. The highest BCUT2D eigenvalue weighted by Gasteiger charge is 2.54. The molecular formula is C43H42ClF10N7O9S2. The average molecular weight is 1090 g/mol. The molecule has 3 atom stereocenters. The highest BCUT2D eigenvalue weighted by Crippen LogP contribution is 2.50. The molecule has 2 N–H and O–H groups in total. The largest absolute Gasteiger partial charge is 0.479 e. The smallest absolute Gasteiger partial charge is 0.435 e. The standard InChI is InChI=1S/C43H42ClF10N7O9S2/c1-20-13-28-35(43(52,53)54)57-59(36(28)42(20,50)51)18-31(62)56-30(16-22-14-23(45)17-24(46)15-22)33-26(8-7-25(55-33)11-12-40(3,4)71(5,66)67)27-9-10-29(44)32-34(27)60(19-41(47,48)49)58-37(32)61(72(6,68)69)39(65)70-21(2)38(63)64/h7-10,14-15,17,20-21,30H,11-13,16,18-19H2,1-6H3,(H,56,62)(H,63,64)/t20-,21+,30+/m1/s1. The quantitative estimate of drug-likeness (QED) is 0.0893. The maximum atomic E-state index is 15.5. The van der Waals surface area contributed by atoms with Crippen LogP contribution in [0.3, 0.4) is 0 Å². The van der Waals surface area contributed by atoms with Crippen molar-refractivity contribution in [1.82, 2.24) is 29.9 Å². The van der Waals surface area contributed by atoms with E-state index in [-0.39, 0.29) is 43.3 Å². The number of rotatable bonds is 16. The Balaban J connectivity index is 1.64. The highest BCUT2D eigenvalue weighted by molar-refractivity contribution is 7.92. The zero-order valence-corrected chi connectivity index (χ0v) is 40.8. The molecule has 72 heavy (non-hydrogen) atoms. The van der Waals surface area contributed by atoms with E-state index in [4.69, 9.17) is 16.3 Å². The van der Waals surface area contributed by atoms with Gasteiger partial charge in [-0.05, 0) is 76.3 Å². The second-order valence-corrected chi connectivity index (χ2v) is 22.6. The van der Waals surface area contributed by atoms with Crippen LogP contribution in [-0.2, 0) is 78.6 Å². The lowest BCUT2D eigenvalue weighted by Crippen LogP contribution is -2.40. The van der Waals surface area contributed by atoms with Crippen molar-refractivity contribution in [2.45, 2.75) is 102 Å². The zero-order valence-electron chi connectivity index (χ0n) is 38.4. The molecule has 0 spiro atoms. The lowest BCUT2D eigenvalue weighted by molar-refractivity contribution is -0.145. The molecular weight excluding hydrogens is 1050 g/mol. The third-order valence-electron chi connectivity index (χ3n) is 11.8. The zero-order chi connectivity index (χ0) is 54.0. The van der Waals surface area contributed by atoms with Crippen LogP contribution in [0.5, 0.6) is 0 Å². The van der Waals surface area contributed by atoms with Gasteiger partial charge in [0.2, 0.25) is 15.9 Å². The molecule has 0 bridgehead atoms. The van der Waals surface area contributed by atoms with Gasteiger partial charge in [-0.15, -0.1) is 0 Å². The average Bonchev–Trinajstić information content (AvgIpc) is 3.83. The van der Waals surface area contributed by atoms with Crippen molar-refractivity contribution in [3.63, 3.8) is 0 Å². The second kappa shape index (κ2) is 19.4. The molecule has 1 aliphatic carbocycles. The number of carbonyl (C=O) groups excluding carboxylic acids is 2. The summed E-state index contributed by atoms with van der Waals surface area (Å²) in [5.74, 6) is -12.1. The van der Waals surface area contributed by atoms with E-state index in [9.17, 15) is 71.4 Å². The Morgan fingerprint density at radius 2 is 1.57 bits per heavy atom. The summed E-state index contributed by atoms with van der Waals surface area (Å²) < 4.78 is 202. The molecule has 0 radical (unpaired) electrons. The number of carboxylic acid groups (broad SMARTS) is 1. The van der Waals surface area contributed by atoms with Gasteiger partial charge in [0.25, 0.3) is 5.92 Å². The Kier molecular flexibility index (Phi) is 14.9. The van der Waals surface area contributed by atoms with Gasteiger partial charge in [0.15, 0.2) is 27.5 Å². The first-order valence-electron chi connectivity index (χ1n) is 21.1. The fourth-order valence-electron chi connectivity index (χ4n) is 7.93. The van der Waals surface area contributed by atoms with Crippen molar-refractivity contribution in [3.05, 3.63) is 93.0 Å². The van der Waals surface area contributed by atoms with Gasteiger partial charge in [0.1, 0.15) is 30.4 Å². The van der Waals surface area contributed by atoms with Gasteiger partial charge in [-0.25, -0.2) is 35.2 Å². The van der Waals surface area contributed by atoms with Crippen molar-refractivity contribution in [1.29, 1.82) is 0 Å². The van der Waals surface area contributed by atoms with Crippen molar-refractivity contribution in [2.75, 3.05) is 16.8 Å². The normalized spacial score (nSPS) is 16.1. The van der Waals surface area contributed by atoms with E-state index in [0.717, 1.165) is 44.4 Å². The Labute approximate surface area is 408 Å². The minimum Gasteiger partial charge on any atom is -0.479 e. The summed E-state index contributed by atoms with van der Waals surface area (Å²) in [4.78, 5) is 43.8. The van der Waals surface area contributed by atoms with Crippen LogP contribution in [-0.4, -0.2) is 94.0 Å². The van der Waals surface area contributed by atoms with Crippen LogP contribution in [0.25, 0.3) is 22.0 Å². The summed E-state index contributed by atoms with van der Waals surface area (Å²) in [6.45, 7) is 1.21. The molecule has 0 aliphatic heterocycles. The third-order valence-corrected chi connectivity index (χ3v) is 15.3. The number of anilines is 1. The number of carbonyl (C=O) groups is 3. The molecule has 6 rings (SSSR count). The molecule has 0 saturated heterocycles. The van der Waals surface area contributed by atoms with E-state index in [1.807, 2.05) is 0 Å². The van der Waals surface area contributed by atoms with Crippen LogP contribution in [0.15, 0.2) is 42.5 Å². The monoisotopic (exact) mass is 1090 g/mol. The molecule has 5 aromatic rings. The van der Waals surface area contributed by atoms with Crippen LogP contribution in [0.2, 0.25) is 5.02 Å². The minimum absolute atomic E-state index is 0.0109. The fourth-order valence-corrected chi connectivity index (χ4v) is 9.40. The van der Waals surface area contributed by atoms with Crippen LogP contribution in [0.1, 0.15) is 74.1 Å². The number of pyridine rings is 1. The molecule has 3 aromatic heterocycles. The maximum absolute atomic E-state index is 15.5. The molecule has 29 heteroatoms. The number of aliphatic carboxylic acids is 1. The van der Waals surface area contributed by atoms with E-state index >= 15 is 8.78 Å². The number of carboxylic acids is 1. The van der Waals surface area contributed by atoms with Crippen molar-refractivity contribution in [2.24, 2.45) is 5.92 Å². The van der Waals surface area contributed by atoms with E-state index in [1.165, 1.54) is 26.0 Å². The summed E-state index contributed by atoms with van der Waals surface area (Å²) in [6.07, 6.45) is -14.9. The lowest BCUT2D eigenvalue weighted by Gasteiger charge is -2.25. The van der Waals surface area contributed by atoms with E-state index in [0.29, 0.717) is 12.3 Å². The number of sulfone groups is 1. The van der Waals surface area contributed by atoms with Crippen molar-refractivity contribution >= 4 is 66.2 Å². The Morgan fingerprint density at radius 3 is 2.12 bits per heavy atom. The number of fused-ring (bicyclic) bond motifs is 2. The Hall–Kier alpha value is -6.03. The summed E-state index contributed by atoms with van der Waals surface area (Å²) in [6, 6.07) is 4.83. The number of ether oxygens (including phenoxy) is 1. The molecule has 2 aromatic carbocycles. The van der Waals surface area contributed by atoms with Crippen LogP contribution in [0, 0.1) is 17.6 Å². The summed E-state index contributed by atoms with van der Waals surface area (Å²) in [5.41, 5.74) is -5.85. The number of hydrogen-bond acceptors (Lipinski definition) is 11. The van der Waals surface area contributed by atoms with Crippen molar-refractivity contribution in [3.8, 4) is 11.1 Å². The van der Waals surface area contributed by atoms with Crippen LogP contribution in [0.4, 0.5) is 54.5 Å². The van der Waals surface area contributed by atoms with Gasteiger partial charge in [-0.3, -0.25) is 19.1 Å². The number of hydrogen-bond donors (Lipinski definition) is 2. The lowest BCUT2D eigenvalue weighted by atomic mass is 9.93. The first-order valence-corrected chi connectivity index (χ1v) is 25.2. The molecule has 3 heterocycles. The molecule has 0 fully saturated rings. The predicted molar refractivity (Wildman–Crippen MR) is 237 cm³/mol. The number of nitrogens with one attached hydrogen (secondary N) is 1. The van der Waals surface area contributed by atoms with Gasteiger partial charge in [0, 0.05) is 40.6 Å².